The Hall–Kier alpha value is 1.77. The van der Waals surface area contributed by atoms with Crippen molar-refractivity contribution in [2.24, 2.45) is 0 Å². The summed E-state index contributed by atoms with van der Waals surface area (Å²) >= 11 is 0. The molecule has 0 aromatic rings. The molecule has 0 unspecified atom stereocenters. The summed E-state index contributed by atoms with van der Waals surface area (Å²) in [6.45, 7) is 1.75. The van der Waals surface area contributed by atoms with Gasteiger partial charge in [0.25, 0.3) is 0 Å². The topological polar surface area (TPSA) is 63.9 Å². The van der Waals surface area contributed by atoms with Crippen molar-refractivity contribution in [2.45, 2.75) is 0 Å². The molecule has 0 amide bonds. The van der Waals surface area contributed by atoms with Crippen molar-refractivity contribution >= 4 is 0 Å². The van der Waals surface area contributed by atoms with Gasteiger partial charge < -0.3 is 27.7 Å². The van der Waals surface area contributed by atoms with Crippen molar-refractivity contribution in [1.82, 2.24) is 4.90 Å². The minimum absolute atomic E-state index is 0. The summed E-state index contributed by atoms with van der Waals surface area (Å²) in [6, 6.07) is 0. The monoisotopic (exact) mass is 223 g/mol. The van der Waals surface area contributed by atoms with E-state index in [9.17, 15) is 0 Å². The van der Waals surface area contributed by atoms with E-state index in [1.54, 1.807) is 4.90 Å². The molecule has 4 nitrogen and oxygen atoms in total. The van der Waals surface area contributed by atoms with Gasteiger partial charge in [-0.2, -0.15) is 0 Å². The maximum atomic E-state index is 8.48. The van der Waals surface area contributed by atoms with Gasteiger partial charge in [-0.25, -0.2) is 0 Å². The second-order valence-corrected chi connectivity index (χ2v) is 2.01. The van der Waals surface area contributed by atoms with Crippen molar-refractivity contribution in [2.75, 3.05) is 39.5 Å². The number of hydrogen-bond acceptors (Lipinski definition) is 4. The fraction of sp³-hybridized carbons (Fsp3) is 1.00. The molecule has 6 heteroatoms. The van der Waals surface area contributed by atoms with Crippen LogP contribution in [0.3, 0.4) is 0 Å². The Bertz CT molecular complexity index is 65.5. The minimum Gasteiger partial charge on any atom is -1.00 e. The summed E-state index contributed by atoms with van der Waals surface area (Å²) in [5.41, 5.74) is 0. The fourth-order valence-electron chi connectivity index (χ4n) is 0.760. The molecule has 0 radical (unpaired) electrons. The van der Waals surface area contributed by atoms with Gasteiger partial charge in [0.05, 0.1) is 19.8 Å². The van der Waals surface area contributed by atoms with Crippen molar-refractivity contribution in [3.63, 3.8) is 0 Å². The number of halogens is 1. The van der Waals surface area contributed by atoms with Crippen LogP contribution in [0.5, 0.6) is 0 Å². The molecule has 0 bridgehead atoms. The normalized spacial score (nSPS) is 9.00. The van der Waals surface area contributed by atoms with Gasteiger partial charge in [-0.15, -0.1) is 0 Å². The molecular formula is C6H15ClKNO3. The maximum Gasteiger partial charge on any atom is 1.00 e. The molecular weight excluding hydrogens is 209 g/mol. The van der Waals surface area contributed by atoms with E-state index in [0.717, 1.165) is 0 Å². The molecule has 0 saturated heterocycles. The molecule has 0 aromatic heterocycles. The van der Waals surface area contributed by atoms with Crippen LogP contribution in [0.15, 0.2) is 0 Å². The van der Waals surface area contributed by atoms with Crippen molar-refractivity contribution in [3.8, 4) is 0 Å². The van der Waals surface area contributed by atoms with E-state index in [2.05, 4.69) is 0 Å². The van der Waals surface area contributed by atoms with Gasteiger partial charge in [0, 0.05) is 19.6 Å². The third-order valence-corrected chi connectivity index (χ3v) is 1.25. The van der Waals surface area contributed by atoms with Crippen LogP contribution < -0.4 is 63.8 Å². The molecule has 0 spiro atoms. The van der Waals surface area contributed by atoms with Gasteiger partial charge >= 0.3 is 51.4 Å². The number of aliphatic hydroxyl groups is 3. The molecule has 0 aliphatic carbocycles. The smallest absolute Gasteiger partial charge is 1.00 e. The quantitative estimate of drug-likeness (QED) is 0.392. The average Bonchev–Trinajstić information content (AvgIpc) is 1.90. The maximum absolute atomic E-state index is 8.48. The standard InChI is InChI=1S/C6H15NO3.ClH.K/c8-4-1-7(2-5-9)3-6-10;;/h8-10H,1-6H2;1H;/q;;+1/p-1. The molecule has 0 saturated carbocycles. The van der Waals surface area contributed by atoms with E-state index in [-0.39, 0.29) is 83.6 Å². The minimum atomic E-state index is 0. The Morgan fingerprint density at radius 3 is 1.17 bits per heavy atom. The Morgan fingerprint density at radius 2 is 1.00 bits per heavy atom. The molecule has 0 aliphatic rings. The SMILES string of the molecule is OCCN(CCO)CCO.[Cl-].[K+]. The van der Waals surface area contributed by atoms with Crippen LogP contribution in [0.2, 0.25) is 0 Å². The van der Waals surface area contributed by atoms with Crippen LogP contribution in [0.1, 0.15) is 0 Å². The zero-order valence-corrected chi connectivity index (χ0v) is 11.3. The van der Waals surface area contributed by atoms with Gasteiger partial charge in [-0.05, 0) is 0 Å². The summed E-state index contributed by atoms with van der Waals surface area (Å²) in [5.74, 6) is 0. The van der Waals surface area contributed by atoms with Gasteiger partial charge in [-0.3, -0.25) is 4.90 Å². The van der Waals surface area contributed by atoms with E-state index in [4.69, 9.17) is 15.3 Å². The predicted octanol–water partition coefficient (Wildman–Crippen LogP) is -7.73. The summed E-state index contributed by atoms with van der Waals surface area (Å²) in [7, 11) is 0. The van der Waals surface area contributed by atoms with E-state index in [1.807, 2.05) is 0 Å². The van der Waals surface area contributed by atoms with Crippen molar-refractivity contribution < 1.29 is 79.1 Å². The molecule has 0 fully saturated rings. The van der Waals surface area contributed by atoms with Crippen LogP contribution in [0, 0.1) is 0 Å². The molecule has 0 heterocycles. The van der Waals surface area contributed by atoms with E-state index in [0.29, 0.717) is 19.6 Å². The molecule has 0 atom stereocenters. The largest absolute Gasteiger partial charge is 1.00 e. The van der Waals surface area contributed by atoms with Crippen molar-refractivity contribution in [1.29, 1.82) is 0 Å². The molecule has 12 heavy (non-hydrogen) atoms. The fourth-order valence-corrected chi connectivity index (χ4v) is 0.760. The first kappa shape index (κ1) is 19.4. The van der Waals surface area contributed by atoms with Crippen molar-refractivity contribution in [3.05, 3.63) is 0 Å². The van der Waals surface area contributed by atoms with Crippen LogP contribution in [-0.4, -0.2) is 59.7 Å². The second-order valence-electron chi connectivity index (χ2n) is 2.01. The molecule has 70 valence electrons. The number of hydrogen-bond donors (Lipinski definition) is 3. The second kappa shape index (κ2) is 15.2. The molecule has 0 aliphatic heterocycles. The summed E-state index contributed by atoms with van der Waals surface area (Å²) < 4.78 is 0. The van der Waals surface area contributed by atoms with Crippen LogP contribution in [-0.2, 0) is 0 Å². The first-order chi connectivity index (χ1) is 4.85. The number of aliphatic hydroxyl groups excluding tert-OH is 3. The Balaban J connectivity index is -0.000000405. The molecule has 3 N–H and O–H groups in total. The first-order valence-electron chi connectivity index (χ1n) is 3.40. The van der Waals surface area contributed by atoms with Crippen LogP contribution in [0.4, 0.5) is 0 Å². The Morgan fingerprint density at radius 1 is 0.750 bits per heavy atom. The predicted molar refractivity (Wildman–Crippen MR) is 37.7 cm³/mol. The van der Waals surface area contributed by atoms with E-state index in [1.165, 1.54) is 0 Å². The Labute approximate surface area is 122 Å². The van der Waals surface area contributed by atoms with Gasteiger partial charge in [-0.1, -0.05) is 0 Å². The summed E-state index contributed by atoms with van der Waals surface area (Å²) in [6.07, 6.45) is 0. The van der Waals surface area contributed by atoms with Crippen LogP contribution >= 0.6 is 0 Å². The molecule has 0 aromatic carbocycles. The van der Waals surface area contributed by atoms with Gasteiger partial charge in [0.1, 0.15) is 0 Å². The zero-order chi connectivity index (χ0) is 7.82. The number of rotatable bonds is 6. The zero-order valence-electron chi connectivity index (χ0n) is 7.41. The van der Waals surface area contributed by atoms with Gasteiger partial charge in [0.15, 0.2) is 0 Å². The third kappa shape index (κ3) is 11.8. The summed E-state index contributed by atoms with van der Waals surface area (Å²) in [4.78, 5) is 1.79. The third-order valence-electron chi connectivity index (χ3n) is 1.25. The average molecular weight is 224 g/mol. The van der Waals surface area contributed by atoms with Crippen LogP contribution in [0.25, 0.3) is 0 Å². The first-order valence-corrected chi connectivity index (χ1v) is 3.40. The van der Waals surface area contributed by atoms with E-state index < -0.39 is 0 Å². The summed E-state index contributed by atoms with van der Waals surface area (Å²) in [5, 5.41) is 25.5. The number of nitrogens with zero attached hydrogens (tertiary/aromatic N) is 1. The molecule has 0 rings (SSSR count). The van der Waals surface area contributed by atoms with Gasteiger partial charge in [0.2, 0.25) is 0 Å². The van der Waals surface area contributed by atoms with E-state index >= 15 is 0 Å². The Kier molecular flexibility index (Phi) is 24.6.